The molecule has 6 N–H and O–H groups in total. The molecule has 2 heterocycles. The molecule has 5 aromatic rings. The number of carbonyl (C=O) groups is 6. The Kier molecular flexibility index (Phi) is 11.9. The maximum atomic E-state index is 13.2. The average molecular weight is 769 g/mol. The van der Waals surface area contributed by atoms with Gasteiger partial charge in [0.25, 0.3) is 23.4 Å². The molecule has 5 rings (SSSR count). The van der Waals surface area contributed by atoms with Crippen molar-refractivity contribution in [3.8, 4) is 17.2 Å². The van der Waals surface area contributed by atoms with E-state index < -0.39 is 59.4 Å². The normalized spacial score (nSPS) is 12.5. The molecule has 15 nitrogen and oxygen atoms in total. The van der Waals surface area contributed by atoms with Gasteiger partial charge in [0.2, 0.25) is 0 Å². The Morgan fingerprint density at radius 1 is 0.625 bits per heavy atom. The molecule has 2 amide bonds. The van der Waals surface area contributed by atoms with Crippen LogP contribution in [0.5, 0.6) is 17.2 Å². The van der Waals surface area contributed by atoms with E-state index in [1.165, 1.54) is 6.07 Å². The number of aromatic nitrogens is 2. The topological polar surface area (TPSA) is 232 Å². The van der Waals surface area contributed by atoms with Crippen molar-refractivity contribution < 1.29 is 53.2 Å². The van der Waals surface area contributed by atoms with Gasteiger partial charge in [-0.3, -0.25) is 19.2 Å². The number of benzene rings is 3. The number of amides is 2. The standard InChI is InChI=1S/C41H44N4O11/c1-20(2)36(40(50)51)55-28-15-9-12-25-32(28)30(34(46)38(42)48)22(5)44(25)18-17-24-11-7-8-14-27(24)54-19-45-23(6)31(35(47)39(43)49)33-26(45)13-10-16-29(33)56-37(21(3)4)41(52)53/h7-16,20-21,36-37H,17-19H2,1-6H3,(H2,42,48)(H2,43,49)(H,50,51)(H,52,53). The fourth-order valence-corrected chi connectivity index (χ4v) is 6.87. The number of hydrogen-bond donors (Lipinski definition) is 4. The summed E-state index contributed by atoms with van der Waals surface area (Å²) in [6, 6.07) is 17.0. The average Bonchev–Trinajstić information content (AvgIpc) is 3.59. The van der Waals surface area contributed by atoms with Crippen molar-refractivity contribution >= 4 is 57.1 Å². The van der Waals surface area contributed by atoms with Gasteiger partial charge in [-0.1, -0.05) is 58.0 Å². The van der Waals surface area contributed by atoms with Crippen molar-refractivity contribution in [3.05, 3.63) is 88.7 Å². The van der Waals surface area contributed by atoms with Crippen molar-refractivity contribution in [1.29, 1.82) is 0 Å². The number of hydrogen-bond acceptors (Lipinski definition) is 9. The van der Waals surface area contributed by atoms with E-state index in [-0.39, 0.29) is 46.7 Å². The first-order valence-electron chi connectivity index (χ1n) is 17.9. The summed E-state index contributed by atoms with van der Waals surface area (Å²) in [4.78, 5) is 74.8. The smallest absolute Gasteiger partial charge is 0.345 e. The number of fused-ring (bicyclic) bond motifs is 2. The lowest BCUT2D eigenvalue weighted by atomic mass is 10.0. The molecule has 2 unspecified atom stereocenters. The zero-order valence-electron chi connectivity index (χ0n) is 31.8. The molecule has 2 atom stereocenters. The molecule has 0 aliphatic heterocycles. The Hall–Kier alpha value is -6.64. The van der Waals surface area contributed by atoms with E-state index in [0.29, 0.717) is 34.6 Å². The van der Waals surface area contributed by atoms with Gasteiger partial charge < -0.3 is 45.0 Å². The van der Waals surface area contributed by atoms with E-state index in [1.54, 1.807) is 88.6 Å². The number of ether oxygens (including phenoxy) is 3. The number of carboxylic acid groups (broad SMARTS) is 2. The van der Waals surface area contributed by atoms with Crippen LogP contribution in [0.1, 0.15) is 65.4 Å². The van der Waals surface area contributed by atoms with Gasteiger partial charge in [0.15, 0.2) is 18.9 Å². The number of para-hydroxylation sites is 1. The summed E-state index contributed by atoms with van der Waals surface area (Å²) in [6.07, 6.45) is -2.10. The van der Waals surface area contributed by atoms with Crippen LogP contribution in [0.2, 0.25) is 0 Å². The van der Waals surface area contributed by atoms with Gasteiger partial charge in [-0.25, -0.2) is 9.59 Å². The van der Waals surface area contributed by atoms with E-state index in [4.69, 9.17) is 25.7 Å². The second kappa shape index (κ2) is 16.4. The van der Waals surface area contributed by atoms with E-state index >= 15 is 0 Å². The molecule has 0 saturated heterocycles. The van der Waals surface area contributed by atoms with E-state index in [2.05, 4.69) is 0 Å². The second-order valence-electron chi connectivity index (χ2n) is 14.1. The largest absolute Gasteiger partial charge is 0.478 e. The lowest BCUT2D eigenvalue weighted by Crippen LogP contribution is -2.32. The highest BCUT2D eigenvalue weighted by Gasteiger charge is 2.31. The fourth-order valence-electron chi connectivity index (χ4n) is 6.87. The van der Waals surface area contributed by atoms with E-state index in [1.807, 2.05) is 16.7 Å². The third-order valence-corrected chi connectivity index (χ3v) is 9.66. The van der Waals surface area contributed by atoms with Gasteiger partial charge in [0.1, 0.15) is 17.2 Å². The number of carbonyl (C=O) groups excluding carboxylic acids is 4. The summed E-state index contributed by atoms with van der Waals surface area (Å²) in [6.45, 7) is 10.2. The monoisotopic (exact) mass is 768 g/mol. The second-order valence-corrected chi connectivity index (χ2v) is 14.1. The van der Waals surface area contributed by atoms with Gasteiger partial charge >= 0.3 is 11.9 Å². The number of aryl methyl sites for hydroxylation is 2. The maximum absolute atomic E-state index is 13.2. The van der Waals surface area contributed by atoms with Crippen LogP contribution in [0.25, 0.3) is 21.8 Å². The molecule has 15 heteroatoms. The molecule has 3 aromatic carbocycles. The molecule has 0 fully saturated rings. The third-order valence-electron chi connectivity index (χ3n) is 9.66. The summed E-state index contributed by atoms with van der Waals surface area (Å²) in [5.41, 5.74) is 13.4. The first-order valence-corrected chi connectivity index (χ1v) is 17.9. The first-order chi connectivity index (χ1) is 26.5. The number of nitrogens with two attached hydrogens (primary N) is 2. The molecular weight excluding hydrogens is 724 g/mol. The SMILES string of the molecule is Cc1c(C(=O)C(N)=O)c2c(OC(C(=O)O)C(C)C)cccc2n1CCc1ccccc1OCn1c(C)c(C(=O)C(N)=O)c2c(OC(C(=O)O)C(C)C)cccc21. The third kappa shape index (κ3) is 7.78. The lowest BCUT2D eigenvalue weighted by molar-refractivity contribution is -0.147. The first kappa shape index (κ1) is 40.5. The highest BCUT2D eigenvalue weighted by atomic mass is 16.5. The summed E-state index contributed by atoms with van der Waals surface area (Å²) in [5, 5.41) is 20.1. The summed E-state index contributed by atoms with van der Waals surface area (Å²) in [5.74, 6) is -6.80. The highest BCUT2D eigenvalue weighted by molar-refractivity contribution is 6.45. The van der Waals surface area contributed by atoms with Crippen LogP contribution in [-0.4, -0.2) is 66.9 Å². The number of nitrogens with zero attached hydrogens (tertiary/aromatic N) is 2. The minimum atomic E-state index is -1.24. The summed E-state index contributed by atoms with van der Waals surface area (Å²) < 4.78 is 21.7. The van der Waals surface area contributed by atoms with Crippen molar-refractivity contribution in [2.24, 2.45) is 23.3 Å². The van der Waals surface area contributed by atoms with Crippen molar-refractivity contribution in [2.75, 3.05) is 0 Å². The summed E-state index contributed by atoms with van der Waals surface area (Å²) >= 11 is 0. The predicted molar refractivity (Wildman–Crippen MR) is 205 cm³/mol. The van der Waals surface area contributed by atoms with Gasteiger partial charge in [0.05, 0.1) is 32.9 Å². The molecule has 0 radical (unpaired) electrons. The zero-order chi connectivity index (χ0) is 41.2. The Labute approximate surface area is 321 Å². The Balaban J connectivity index is 1.52. The molecule has 0 aliphatic rings. The van der Waals surface area contributed by atoms with Crippen LogP contribution in [0, 0.1) is 25.7 Å². The van der Waals surface area contributed by atoms with Gasteiger partial charge in [-0.2, -0.15) is 0 Å². The van der Waals surface area contributed by atoms with E-state index in [9.17, 15) is 39.0 Å². The van der Waals surface area contributed by atoms with Crippen LogP contribution in [0.4, 0.5) is 0 Å². The van der Waals surface area contributed by atoms with Crippen molar-refractivity contribution in [1.82, 2.24) is 9.13 Å². The molecule has 2 aromatic heterocycles. The highest BCUT2D eigenvalue weighted by Crippen LogP contribution is 2.37. The number of primary amides is 2. The van der Waals surface area contributed by atoms with Crippen LogP contribution >= 0.6 is 0 Å². The van der Waals surface area contributed by atoms with Crippen molar-refractivity contribution in [2.45, 2.75) is 73.4 Å². The predicted octanol–water partition coefficient (Wildman–Crippen LogP) is 4.80. The van der Waals surface area contributed by atoms with Gasteiger partial charge in [0, 0.05) is 29.8 Å². The molecule has 56 heavy (non-hydrogen) atoms. The lowest BCUT2D eigenvalue weighted by Gasteiger charge is -2.19. The van der Waals surface area contributed by atoms with Crippen LogP contribution < -0.4 is 25.7 Å². The van der Waals surface area contributed by atoms with Gasteiger partial charge in [-0.15, -0.1) is 0 Å². The van der Waals surface area contributed by atoms with Crippen LogP contribution in [0.3, 0.4) is 0 Å². The molecule has 0 spiro atoms. The molecule has 0 aliphatic carbocycles. The maximum Gasteiger partial charge on any atom is 0.345 e. The minimum Gasteiger partial charge on any atom is -0.478 e. The number of aliphatic carboxylic acids is 2. The molecular formula is C41H44N4O11. The fraction of sp³-hybridized carbons (Fsp3) is 0.317. The van der Waals surface area contributed by atoms with E-state index in [0.717, 1.165) is 5.56 Å². The van der Waals surface area contributed by atoms with Gasteiger partial charge in [-0.05, 0) is 56.2 Å². The molecule has 294 valence electrons. The number of Topliss-reactive ketones (excluding diaryl/α,β-unsaturated/α-hetero) is 2. The Morgan fingerprint density at radius 3 is 1.50 bits per heavy atom. The zero-order valence-corrected chi connectivity index (χ0v) is 31.8. The molecule has 0 bridgehead atoms. The van der Waals surface area contributed by atoms with Crippen LogP contribution in [-0.2, 0) is 38.9 Å². The Morgan fingerprint density at radius 2 is 1.05 bits per heavy atom. The van der Waals surface area contributed by atoms with Crippen LogP contribution in [0.15, 0.2) is 60.7 Å². The van der Waals surface area contributed by atoms with Crippen molar-refractivity contribution in [3.63, 3.8) is 0 Å². The Bertz CT molecular complexity index is 2220. The summed E-state index contributed by atoms with van der Waals surface area (Å²) in [7, 11) is 0. The molecule has 0 saturated carbocycles. The number of ketones is 2. The minimum absolute atomic E-state index is 0.0169. The number of carboxylic acids is 2. The number of rotatable bonds is 18. The quantitative estimate of drug-likeness (QED) is 0.0698.